The monoisotopic (exact) mass is 436 g/mol. The third kappa shape index (κ3) is 4.40. The van der Waals surface area contributed by atoms with Crippen LogP contribution in [0.5, 0.6) is 5.75 Å². The molecular formula is C19H17ClN2O4S2. The summed E-state index contributed by atoms with van der Waals surface area (Å²) in [5.74, 6) is 0.372. The third-order valence-electron chi connectivity index (χ3n) is 3.91. The number of carbonyl (C=O) groups is 1. The van der Waals surface area contributed by atoms with Crippen LogP contribution in [0.25, 0.3) is 6.08 Å². The van der Waals surface area contributed by atoms with E-state index in [0.717, 1.165) is 17.3 Å². The van der Waals surface area contributed by atoms with Gasteiger partial charge in [-0.3, -0.25) is 9.69 Å². The van der Waals surface area contributed by atoms with Gasteiger partial charge in [0.05, 0.1) is 16.9 Å². The number of thioether (sulfide) groups is 1. The number of amidine groups is 1. The Morgan fingerprint density at radius 2 is 1.93 bits per heavy atom. The number of likely N-dealkylation sites (N-methyl/N-ethyl adjacent to an activating group) is 1. The topological polar surface area (TPSA) is 76.0 Å². The predicted molar refractivity (Wildman–Crippen MR) is 112 cm³/mol. The Morgan fingerprint density at radius 3 is 2.57 bits per heavy atom. The quantitative estimate of drug-likeness (QED) is 0.661. The van der Waals surface area contributed by atoms with Crippen LogP contribution in [0.3, 0.4) is 0 Å². The zero-order valence-electron chi connectivity index (χ0n) is 15.1. The molecule has 6 nitrogen and oxygen atoms in total. The summed E-state index contributed by atoms with van der Waals surface area (Å²) >= 11 is 6.84. The molecule has 0 aromatic heterocycles. The fourth-order valence-corrected chi connectivity index (χ4v) is 4.87. The van der Waals surface area contributed by atoms with E-state index in [2.05, 4.69) is 4.40 Å². The number of hydrogen-bond acceptors (Lipinski definition) is 5. The number of sulfonamides is 1. The summed E-state index contributed by atoms with van der Waals surface area (Å²) in [4.78, 5) is 14.4. The zero-order chi connectivity index (χ0) is 20.3. The minimum absolute atomic E-state index is 0.0127. The van der Waals surface area contributed by atoms with Crippen molar-refractivity contribution in [3.63, 3.8) is 0 Å². The molecule has 0 N–H and O–H groups in total. The van der Waals surface area contributed by atoms with Gasteiger partial charge in [0.1, 0.15) is 5.75 Å². The van der Waals surface area contributed by atoms with Gasteiger partial charge in [-0.25, -0.2) is 0 Å². The van der Waals surface area contributed by atoms with E-state index in [9.17, 15) is 13.2 Å². The molecule has 2 aromatic carbocycles. The van der Waals surface area contributed by atoms with Crippen LogP contribution in [0.4, 0.5) is 0 Å². The van der Waals surface area contributed by atoms with E-state index in [-0.39, 0.29) is 16.0 Å². The average Bonchev–Trinajstić information content (AvgIpc) is 2.95. The Bertz CT molecular complexity index is 1060. The van der Waals surface area contributed by atoms with E-state index in [4.69, 9.17) is 16.3 Å². The third-order valence-corrected chi connectivity index (χ3v) is 6.56. The molecule has 0 aliphatic carbocycles. The first-order valence-electron chi connectivity index (χ1n) is 8.30. The Hall–Kier alpha value is -2.29. The average molecular weight is 437 g/mol. The highest BCUT2D eigenvalue weighted by Gasteiger charge is 2.34. The highest BCUT2D eigenvalue weighted by Crippen LogP contribution is 2.34. The van der Waals surface area contributed by atoms with Crippen molar-refractivity contribution in [3.8, 4) is 5.75 Å². The molecule has 0 atom stereocenters. The summed E-state index contributed by atoms with van der Waals surface area (Å²) in [7, 11) is -2.40. The number of benzene rings is 2. The molecule has 0 radical (unpaired) electrons. The highest BCUT2D eigenvalue weighted by molar-refractivity contribution is 8.19. The second-order valence-corrected chi connectivity index (χ2v) is 8.79. The number of rotatable bonds is 5. The molecule has 1 heterocycles. The SMILES string of the molecule is CCN1C(=O)/C(=C/c2cccc(OC)c2)S/C1=N\S(=O)(=O)c1ccc(Cl)cc1. The minimum atomic E-state index is -3.97. The Kier molecular flexibility index (Phi) is 6.12. The normalized spacial score (nSPS) is 17.5. The van der Waals surface area contributed by atoms with Gasteiger partial charge in [0.15, 0.2) is 5.17 Å². The van der Waals surface area contributed by atoms with Crippen LogP contribution in [-0.4, -0.2) is 38.0 Å². The predicted octanol–water partition coefficient (Wildman–Crippen LogP) is 4.03. The number of halogens is 1. The lowest BCUT2D eigenvalue weighted by atomic mass is 10.2. The van der Waals surface area contributed by atoms with Gasteiger partial charge in [-0.15, -0.1) is 4.40 Å². The molecular weight excluding hydrogens is 420 g/mol. The fourth-order valence-electron chi connectivity index (χ4n) is 2.50. The Labute approximate surface area is 172 Å². The molecule has 0 bridgehead atoms. The van der Waals surface area contributed by atoms with Crippen LogP contribution >= 0.6 is 23.4 Å². The molecule has 9 heteroatoms. The van der Waals surface area contributed by atoms with Gasteiger partial charge >= 0.3 is 0 Å². The molecule has 1 saturated heterocycles. The van der Waals surface area contributed by atoms with Crippen molar-refractivity contribution < 1.29 is 17.9 Å². The van der Waals surface area contributed by atoms with Crippen LogP contribution < -0.4 is 4.74 Å². The first kappa shape index (κ1) is 20.4. The first-order valence-corrected chi connectivity index (χ1v) is 10.9. The smallest absolute Gasteiger partial charge is 0.284 e. The van der Waals surface area contributed by atoms with Crippen molar-refractivity contribution in [2.24, 2.45) is 4.40 Å². The lowest BCUT2D eigenvalue weighted by molar-refractivity contribution is -0.122. The molecule has 1 aliphatic heterocycles. The molecule has 3 rings (SSSR count). The molecule has 146 valence electrons. The molecule has 1 amide bonds. The summed E-state index contributed by atoms with van der Waals surface area (Å²) in [5.41, 5.74) is 0.771. The van der Waals surface area contributed by atoms with Crippen LogP contribution in [0.2, 0.25) is 5.02 Å². The minimum Gasteiger partial charge on any atom is -0.497 e. The summed E-state index contributed by atoms with van der Waals surface area (Å²) in [6.07, 6.45) is 1.69. The van der Waals surface area contributed by atoms with E-state index in [0.29, 0.717) is 22.2 Å². The van der Waals surface area contributed by atoms with Crippen LogP contribution in [0, 0.1) is 0 Å². The summed E-state index contributed by atoms with van der Waals surface area (Å²) in [6.45, 7) is 2.06. The number of methoxy groups -OCH3 is 1. The van der Waals surface area contributed by atoms with Crippen LogP contribution in [0.1, 0.15) is 12.5 Å². The van der Waals surface area contributed by atoms with E-state index >= 15 is 0 Å². The highest BCUT2D eigenvalue weighted by atomic mass is 35.5. The van der Waals surface area contributed by atoms with Gasteiger partial charge in [-0.2, -0.15) is 8.42 Å². The van der Waals surface area contributed by atoms with Crippen molar-refractivity contribution >= 4 is 50.5 Å². The molecule has 0 unspecified atom stereocenters. The number of amides is 1. The van der Waals surface area contributed by atoms with Crippen LogP contribution in [0.15, 0.2) is 62.7 Å². The second kappa shape index (κ2) is 8.38. The number of carbonyl (C=O) groups excluding carboxylic acids is 1. The lowest BCUT2D eigenvalue weighted by Crippen LogP contribution is -2.29. The summed E-state index contributed by atoms with van der Waals surface area (Å²) in [6, 6.07) is 13.0. The number of nitrogens with zero attached hydrogens (tertiary/aromatic N) is 2. The number of hydrogen-bond donors (Lipinski definition) is 0. The largest absolute Gasteiger partial charge is 0.497 e. The Balaban J connectivity index is 1.96. The zero-order valence-corrected chi connectivity index (χ0v) is 17.5. The van der Waals surface area contributed by atoms with Crippen LogP contribution in [-0.2, 0) is 14.8 Å². The van der Waals surface area contributed by atoms with Gasteiger partial charge in [-0.05, 0) is 66.7 Å². The van der Waals surface area contributed by atoms with Gasteiger partial charge in [0.2, 0.25) is 0 Å². The molecule has 1 fully saturated rings. The van der Waals surface area contributed by atoms with E-state index in [1.54, 1.807) is 32.2 Å². The van der Waals surface area contributed by atoms with Crippen molar-refractivity contribution in [2.75, 3.05) is 13.7 Å². The second-order valence-electron chi connectivity index (χ2n) is 5.74. The van der Waals surface area contributed by atoms with E-state index in [1.807, 2.05) is 12.1 Å². The molecule has 1 aliphatic rings. The summed E-state index contributed by atoms with van der Waals surface area (Å²) in [5, 5.41) is 0.548. The van der Waals surface area contributed by atoms with Crippen molar-refractivity contribution in [2.45, 2.75) is 11.8 Å². The summed E-state index contributed by atoms with van der Waals surface area (Å²) < 4.78 is 34.3. The number of ether oxygens (including phenoxy) is 1. The maximum atomic E-state index is 12.7. The first-order chi connectivity index (χ1) is 13.3. The Morgan fingerprint density at radius 1 is 1.21 bits per heavy atom. The molecule has 28 heavy (non-hydrogen) atoms. The van der Waals surface area contributed by atoms with E-state index in [1.165, 1.54) is 29.2 Å². The van der Waals surface area contributed by atoms with Crippen molar-refractivity contribution in [3.05, 3.63) is 64.0 Å². The molecule has 2 aromatic rings. The van der Waals surface area contributed by atoms with Gasteiger partial charge in [0.25, 0.3) is 15.9 Å². The standard InChI is InChI=1S/C19H17ClN2O4S2/c1-3-22-18(23)17(12-13-5-4-6-15(11-13)26-2)27-19(22)21-28(24,25)16-9-7-14(20)8-10-16/h4-12H,3H2,1-2H3/b17-12-,21-19-. The van der Waals surface area contributed by atoms with Gasteiger partial charge in [0, 0.05) is 11.6 Å². The van der Waals surface area contributed by atoms with Crippen molar-refractivity contribution in [1.82, 2.24) is 4.90 Å². The van der Waals surface area contributed by atoms with Gasteiger partial charge < -0.3 is 4.74 Å². The van der Waals surface area contributed by atoms with Crippen molar-refractivity contribution in [1.29, 1.82) is 0 Å². The maximum Gasteiger partial charge on any atom is 0.284 e. The van der Waals surface area contributed by atoms with Gasteiger partial charge in [-0.1, -0.05) is 23.7 Å². The maximum absolute atomic E-state index is 12.7. The fraction of sp³-hybridized carbons (Fsp3) is 0.158. The lowest BCUT2D eigenvalue weighted by Gasteiger charge is -2.11. The molecule has 0 spiro atoms. The molecule has 0 saturated carbocycles. The van der Waals surface area contributed by atoms with E-state index < -0.39 is 10.0 Å².